The Kier molecular flexibility index (Phi) is 6.45. The molecule has 19 heavy (non-hydrogen) atoms. The Balaban J connectivity index is 2.47. The summed E-state index contributed by atoms with van der Waals surface area (Å²) in [7, 11) is 1.98. The predicted molar refractivity (Wildman–Crippen MR) is 73.8 cm³/mol. The molecule has 0 heterocycles. The Hall–Kier alpha value is -0.433. The topological polar surface area (TPSA) is 54.0 Å². The highest BCUT2D eigenvalue weighted by Crippen LogP contribution is 2.36. The second kappa shape index (κ2) is 7.38. The van der Waals surface area contributed by atoms with Gasteiger partial charge in [0.15, 0.2) is 0 Å². The molecule has 1 aliphatic rings. The van der Waals surface area contributed by atoms with Crippen LogP contribution in [0.3, 0.4) is 0 Å². The third-order valence-electron chi connectivity index (χ3n) is 4.06. The second-order valence-corrected chi connectivity index (χ2v) is 8.10. The van der Waals surface area contributed by atoms with Crippen molar-refractivity contribution < 1.29 is 22.8 Å². The summed E-state index contributed by atoms with van der Waals surface area (Å²) in [5.74, 6) is -0.174. The van der Waals surface area contributed by atoms with E-state index in [0.717, 1.165) is 32.1 Å². The molecular formula is C13H26O5Si. The first-order chi connectivity index (χ1) is 9.05. The van der Waals surface area contributed by atoms with E-state index in [-0.39, 0.29) is 18.0 Å². The monoisotopic (exact) mass is 290 g/mol. The van der Waals surface area contributed by atoms with Gasteiger partial charge in [0.05, 0.1) is 0 Å². The minimum Gasteiger partial charge on any atom is -0.459 e. The van der Waals surface area contributed by atoms with Gasteiger partial charge in [-0.05, 0) is 32.1 Å². The Labute approximate surface area is 116 Å². The lowest BCUT2D eigenvalue weighted by Crippen LogP contribution is -2.43. The van der Waals surface area contributed by atoms with Crippen LogP contribution in [0, 0.1) is 0 Å². The number of carbonyl (C=O) groups excluding carboxylic acids is 1. The summed E-state index contributed by atoms with van der Waals surface area (Å²) in [6.45, 7) is 2.08. The Morgan fingerprint density at radius 2 is 1.63 bits per heavy atom. The van der Waals surface area contributed by atoms with Crippen molar-refractivity contribution >= 4 is 14.8 Å². The van der Waals surface area contributed by atoms with Crippen LogP contribution >= 0.6 is 0 Å². The average Bonchev–Trinajstić information content (AvgIpc) is 2.90. The Morgan fingerprint density at radius 1 is 1.11 bits per heavy atom. The van der Waals surface area contributed by atoms with Crippen molar-refractivity contribution in [3.05, 3.63) is 0 Å². The van der Waals surface area contributed by atoms with Gasteiger partial charge in [-0.3, -0.25) is 4.79 Å². The molecule has 6 heteroatoms. The molecule has 0 radical (unpaired) electrons. The van der Waals surface area contributed by atoms with Crippen molar-refractivity contribution in [3.8, 4) is 0 Å². The van der Waals surface area contributed by atoms with Crippen LogP contribution in [0.1, 0.15) is 45.4 Å². The highest BCUT2D eigenvalue weighted by atomic mass is 28.4. The molecule has 0 saturated heterocycles. The molecule has 1 saturated carbocycles. The zero-order valence-electron chi connectivity index (χ0n) is 12.5. The standard InChI is InChI=1S/C13H26O5Si/c1-5-13(9-6-7-10-13)18-12(14)8-11-19(15-2,16-3)17-4/h5-11H2,1-4H3. The number of hydrogen-bond acceptors (Lipinski definition) is 5. The summed E-state index contributed by atoms with van der Waals surface area (Å²) in [5.41, 5.74) is -0.228. The van der Waals surface area contributed by atoms with E-state index in [0.29, 0.717) is 6.04 Å². The van der Waals surface area contributed by atoms with Crippen molar-refractivity contribution in [2.75, 3.05) is 21.3 Å². The average molecular weight is 290 g/mol. The number of carbonyl (C=O) groups is 1. The van der Waals surface area contributed by atoms with Gasteiger partial charge in [0.25, 0.3) is 0 Å². The molecule has 0 aromatic carbocycles. The maximum Gasteiger partial charge on any atom is 0.500 e. The zero-order chi connectivity index (χ0) is 14.4. The molecule has 0 amide bonds. The number of hydrogen-bond donors (Lipinski definition) is 0. The van der Waals surface area contributed by atoms with E-state index in [1.165, 1.54) is 0 Å². The van der Waals surface area contributed by atoms with Crippen molar-refractivity contribution in [1.29, 1.82) is 0 Å². The third-order valence-corrected chi connectivity index (χ3v) is 6.79. The minimum absolute atomic E-state index is 0.174. The highest BCUT2D eigenvalue weighted by Gasteiger charge is 2.40. The number of esters is 1. The van der Waals surface area contributed by atoms with Crippen LogP contribution in [0.2, 0.25) is 6.04 Å². The maximum absolute atomic E-state index is 12.0. The normalized spacial score (nSPS) is 18.5. The summed E-state index contributed by atoms with van der Waals surface area (Å²) in [6, 6.07) is 0.453. The van der Waals surface area contributed by atoms with E-state index in [9.17, 15) is 4.79 Å². The minimum atomic E-state index is -2.67. The van der Waals surface area contributed by atoms with Gasteiger partial charge in [-0.15, -0.1) is 0 Å². The van der Waals surface area contributed by atoms with Gasteiger partial charge in [-0.25, -0.2) is 0 Å². The van der Waals surface area contributed by atoms with Crippen molar-refractivity contribution in [3.63, 3.8) is 0 Å². The van der Waals surface area contributed by atoms with Gasteiger partial charge < -0.3 is 18.0 Å². The predicted octanol–water partition coefficient (Wildman–Crippen LogP) is 2.52. The summed E-state index contributed by atoms with van der Waals surface area (Å²) in [5, 5.41) is 0. The van der Waals surface area contributed by atoms with Crippen LogP contribution in [0.25, 0.3) is 0 Å². The SMILES string of the molecule is CCC1(OC(=O)CC[Si](OC)(OC)OC)CCCC1. The molecule has 1 rings (SSSR count). The van der Waals surface area contributed by atoms with E-state index >= 15 is 0 Å². The molecule has 0 unspecified atom stereocenters. The lowest BCUT2D eigenvalue weighted by molar-refractivity contribution is -0.159. The number of ether oxygens (including phenoxy) is 1. The van der Waals surface area contributed by atoms with Gasteiger partial charge in [-0.2, -0.15) is 0 Å². The molecule has 112 valence electrons. The Morgan fingerprint density at radius 3 is 2.05 bits per heavy atom. The molecule has 0 aromatic rings. The molecule has 0 atom stereocenters. The van der Waals surface area contributed by atoms with Crippen LogP contribution in [-0.4, -0.2) is 41.7 Å². The molecule has 0 spiro atoms. The van der Waals surface area contributed by atoms with E-state index in [2.05, 4.69) is 6.92 Å². The quantitative estimate of drug-likeness (QED) is 0.508. The first kappa shape index (κ1) is 16.6. The fourth-order valence-corrected chi connectivity index (χ4v) is 4.27. The van der Waals surface area contributed by atoms with Gasteiger partial charge in [-0.1, -0.05) is 6.92 Å². The number of rotatable bonds is 8. The molecule has 0 N–H and O–H groups in total. The summed E-state index contributed by atoms with van der Waals surface area (Å²) in [6.07, 6.45) is 5.43. The van der Waals surface area contributed by atoms with E-state index in [1.807, 2.05) is 0 Å². The van der Waals surface area contributed by atoms with Crippen molar-refractivity contribution in [2.24, 2.45) is 0 Å². The van der Waals surface area contributed by atoms with Gasteiger partial charge in [0.2, 0.25) is 0 Å². The van der Waals surface area contributed by atoms with E-state index in [1.54, 1.807) is 21.3 Å². The van der Waals surface area contributed by atoms with Crippen molar-refractivity contribution in [2.45, 2.75) is 57.1 Å². The summed E-state index contributed by atoms with van der Waals surface area (Å²) >= 11 is 0. The fourth-order valence-electron chi connectivity index (χ4n) is 2.65. The van der Waals surface area contributed by atoms with Crippen LogP contribution in [0.15, 0.2) is 0 Å². The van der Waals surface area contributed by atoms with Crippen molar-refractivity contribution in [1.82, 2.24) is 0 Å². The van der Waals surface area contributed by atoms with E-state index < -0.39 is 8.80 Å². The molecule has 0 aliphatic heterocycles. The van der Waals surface area contributed by atoms with Gasteiger partial charge in [0.1, 0.15) is 5.60 Å². The van der Waals surface area contributed by atoms with Crippen LogP contribution in [0.5, 0.6) is 0 Å². The first-order valence-corrected chi connectivity index (χ1v) is 8.86. The first-order valence-electron chi connectivity index (χ1n) is 6.92. The van der Waals surface area contributed by atoms with Gasteiger partial charge in [0, 0.05) is 33.8 Å². The fraction of sp³-hybridized carbons (Fsp3) is 0.923. The molecule has 0 bridgehead atoms. The molecule has 1 aliphatic carbocycles. The third kappa shape index (κ3) is 4.27. The lowest BCUT2D eigenvalue weighted by Gasteiger charge is -2.29. The smallest absolute Gasteiger partial charge is 0.459 e. The maximum atomic E-state index is 12.0. The second-order valence-electron chi connectivity index (χ2n) is 5.01. The van der Waals surface area contributed by atoms with Crippen LogP contribution in [-0.2, 0) is 22.8 Å². The Bertz CT molecular complexity index is 276. The summed E-state index contributed by atoms with van der Waals surface area (Å²) in [4.78, 5) is 12.0. The largest absolute Gasteiger partial charge is 0.500 e. The van der Waals surface area contributed by atoms with Crippen LogP contribution < -0.4 is 0 Å². The van der Waals surface area contributed by atoms with E-state index in [4.69, 9.17) is 18.0 Å². The molecule has 0 aromatic heterocycles. The lowest BCUT2D eigenvalue weighted by atomic mass is 9.99. The van der Waals surface area contributed by atoms with Crippen LogP contribution in [0.4, 0.5) is 0 Å². The molecular weight excluding hydrogens is 264 g/mol. The molecule has 1 fully saturated rings. The summed E-state index contributed by atoms with van der Waals surface area (Å²) < 4.78 is 21.6. The van der Waals surface area contributed by atoms with Gasteiger partial charge >= 0.3 is 14.8 Å². The zero-order valence-corrected chi connectivity index (χ0v) is 13.5. The highest BCUT2D eigenvalue weighted by molar-refractivity contribution is 6.60. The molecule has 5 nitrogen and oxygen atoms in total.